The SMILES string of the molecule is CCC(=O)NC1CS[C@@H]2c3c(OC(C)=O)c(C)c4c(c3[C@H](COC1=O)N1[C@@H]2[C@@H]2N[C@H](Cc3cc(C)c(OC)c(O)c32)[C@@H]1C#N)OCO4. The number of hydrogen-bond acceptors (Lipinski definition) is 13. The lowest BCUT2D eigenvalue weighted by Gasteiger charge is -2.59. The number of nitrogens with one attached hydrogen (secondary N) is 2. The lowest BCUT2D eigenvalue weighted by molar-refractivity contribution is -0.150. The van der Waals surface area contributed by atoms with Crippen LogP contribution in [0.2, 0.25) is 0 Å². The van der Waals surface area contributed by atoms with Crippen LogP contribution in [0.1, 0.15) is 71.0 Å². The van der Waals surface area contributed by atoms with Crippen molar-refractivity contribution in [3.63, 3.8) is 0 Å². The Kier molecular flexibility index (Phi) is 7.89. The van der Waals surface area contributed by atoms with E-state index in [4.69, 9.17) is 23.7 Å². The number of carbonyl (C=O) groups is 3. The first-order valence-corrected chi connectivity index (χ1v) is 16.7. The quantitative estimate of drug-likeness (QED) is 0.323. The zero-order valence-electron chi connectivity index (χ0n) is 26.7. The highest BCUT2D eigenvalue weighted by molar-refractivity contribution is 7.99. The molecule has 0 aliphatic carbocycles. The molecule has 6 aliphatic rings. The molecule has 4 bridgehead atoms. The Morgan fingerprint density at radius 3 is 2.66 bits per heavy atom. The van der Waals surface area contributed by atoms with E-state index in [0.717, 1.165) is 11.1 Å². The summed E-state index contributed by atoms with van der Waals surface area (Å²) in [6.07, 6.45) is 0.659. The molecular formula is C33H36N4O9S. The average Bonchev–Trinajstić information content (AvgIpc) is 3.53. The molecule has 248 valence electrons. The van der Waals surface area contributed by atoms with E-state index in [1.54, 1.807) is 13.8 Å². The van der Waals surface area contributed by atoms with E-state index >= 15 is 0 Å². The molecule has 3 N–H and O–H groups in total. The maximum atomic E-state index is 13.5. The summed E-state index contributed by atoms with van der Waals surface area (Å²) in [6, 6.07) is 0.828. The Balaban J connectivity index is 1.51. The number of carbonyl (C=O) groups excluding carboxylic acids is 3. The number of hydrogen-bond donors (Lipinski definition) is 3. The molecule has 2 aromatic rings. The molecule has 2 saturated heterocycles. The third kappa shape index (κ3) is 4.77. The van der Waals surface area contributed by atoms with Crippen LogP contribution in [0.15, 0.2) is 6.07 Å². The van der Waals surface area contributed by atoms with E-state index in [9.17, 15) is 24.8 Å². The van der Waals surface area contributed by atoms with Crippen LogP contribution in [0.25, 0.3) is 0 Å². The summed E-state index contributed by atoms with van der Waals surface area (Å²) in [5, 5.41) is 28.4. The molecule has 1 unspecified atom stereocenters. The van der Waals surface area contributed by atoms with Gasteiger partial charge in [0, 0.05) is 53.4 Å². The van der Waals surface area contributed by atoms with Gasteiger partial charge in [0.1, 0.15) is 24.4 Å². The number of amides is 1. The first-order chi connectivity index (χ1) is 22.6. The van der Waals surface area contributed by atoms with E-state index in [1.165, 1.54) is 25.8 Å². The molecule has 8 rings (SSSR count). The van der Waals surface area contributed by atoms with Gasteiger partial charge in [-0.2, -0.15) is 5.26 Å². The Labute approximate surface area is 275 Å². The fraction of sp³-hybridized carbons (Fsp3) is 0.515. The molecule has 6 aliphatic heterocycles. The summed E-state index contributed by atoms with van der Waals surface area (Å²) in [5.41, 5.74) is 4.23. The van der Waals surface area contributed by atoms with E-state index < -0.39 is 47.4 Å². The van der Waals surface area contributed by atoms with E-state index in [2.05, 4.69) is 21.6 Å². The monoisotopic (exact) mass is 664 g/mol. The minimum Gasteiger partial charge on any atom is -0.504 e. The van der Waals surface area contributed by atoms with Crippen LogP contribution in [0, 0.1) is 25.2 Å². The van der Waals surface area contributed by atoms with Crippen molar-refractivity contribution in [2.45, 2.75) is 82.0 Å². The van der Waals surface area contributed by atoms with E-state index in [0.29, 0.717) is 51.7 Å². The van der Waals surface area contributed by atoms with Crippen LogP contribution in [0.3, 0.4) is 0 Å². The van der Waals surface area contributed by atoms with Crippen LogP contribution in [-0.2, 0) is 25.5 Å². The molecule has 0 radical (unpaired) electrons. The zero-order chi connectivity index (χ0) is 33.3. The van der Waals surface area contributed by atoms with Gasteiger partial charge in [0.2, 0.25) is 12.7 Å². The number of aromatic hydroxyl groups is 1. The fourth-order valence-corrected chi connectivity index (χ4v) is 9.48. The first-order valence-electron chi connectivity index (χ1n) is 15.6. The maximum Gasteiger partial charge on any atom is 0.329 e. The minimum absolute atomic E-state index is 0.0218. The molecule has 1 amide bonds. The molecule has 13 nitrogen and oxygen atoms in total. The zero-order valence-corrected chi connectivity index (χ0v) is 27.5. The molecule has 14 heteroatoms. The summed E-state index contributed by atoms with van der Waals surface area (Å²) in [5.74, 6) is 0.306. The predicted molar refractivity (Wildman–Crippen MR) is 168 cm³/mol. The molecule has 6 heterocycles. The average molecular weight is 665 g/mol. The smallest absolute Gasteiger partial charge is 0.329 e. The number of nitriles is 1. The summed E-state index contributed by atoms with van der Waals surface area (Å²) in [4.78, 5) is 40.7. The maximum absolute atomic E-state index is 13.5. The van der Waals surface area contributed by atoms with Gasteiger partial charge in [0.15, 0.2) is 23.0 Å². The molecule has 0 aromatic heterocycles. The molecule has 0 saturated carbocycles. The van der Waals surface area contributed by atoms with Crippen LogP contribution in [0.5, 0.6) is 28.7 Å². The van der Waals surface area contributed by atoms with Crippen molar-refractivity contribution in [3.8, 4) is 34.8 Å². The standard InChI is InChI=1S/C33H36N4O9S/c1-6-21(39)35-18-11-47-32-24-23(31-30(44-12-45-31)14(3)29(24)46-15(4)38)20(10-43-33(18)41)37-19(9-34)17-8-16-7-13(2)28(42-5)27(40)22(16)25(36-17)26(32)37/h7,17-20,25-26,32,36,40H,6,8,10-12H2,1-5H3,(H,35,39)/t17-,18?,19+,20+,25-,26-,32-/m1/s1. The number of esters is 2. The number of phenolic OH excluding ortho intramolecular Hbond substituents is 1. The highest BCUT2D eigenvalue weighted by Crippen LogP contribution is 2.62. The van der Waals surface area contributed by atoms with Crippen molar-refractivity contribution < 1.29 is 43.2 Å². The summed E-state index contributed by atoms with van der Waals surface area (Å²) < 4.78 is 29.5. The molecule has 2 aromatic carbocycles. The number of nitrogens with zero attached hydrogens (tertiary/aromatic N) is 2. The second kappa shape index (κ2) is 11.8. The largest absolute Gasteiger partial charge is 0.504 e. The molecular weight excluding hydrogens is 628 g/mol. The summed E-state index contributed by atoms with van der Waals surface area (Å²) >= 11 is 1.39. The van der Waals surface area contributed by atoms with Crippen molar-refractivity contribution in [2.24, 2.45) is 0 Å². The lowest BCUT2D eigenvalue weighted by Crippen LogP contribution is -2.69. The molecule has 7 atom stereocenters. The van der Waals surface area contributed by atoms with Gasteiger partial charge in [0.25, 0.3) is 0 Å². The number of phenols is 1. The Morgan fingerprint density at radius 2 is 1.96 bits per heavy atom. The first kappa shape index (κ1) is 31.4. The Morgan fingerprint density at radius 1 is 1.19 bits per heavy atom. The lowest BCUT2D eigenvalue weighted by atomic mass is 9.72. The van der Waals surface area contributed by atoms with Gasteiger partial charge in [-0.15, -0.1) is 11.8 Å². The number of thioether (sulfide) groups is 1. The van der Waals surface area contributed by atoms with Gasteiger partial charge >= 0.3 is 11.9 Å². The van der Waals surface area contributed by atoms with Crippen molar-refractivity contribution in [1.82, 2.24) is 15.5 Å². The second-order valence-corrected chi connectivity index (χ2v) is 13.6. The highest BCUT2D eigenvalue weighted by atomic mass is 32.2. The third-order valence-electron chi connectivity index (χ3n) is 9.81. The van der Waals surface area contributed by atoms with Crippen LogP contribution in [0.4, 0.5) is 0 Å². The minimum atomic E-state index is -0.943. The predicted octanol–water partition coefficient (Wildman–Crippen LogP) is 2.78. The second-order valence-electron chi connectivity index (χ2n) is 12.4. The van der Waals surface area contributed by atoms with Gasteiger partial charge in [-0.3, -0.25) is 14.5 Å². The van der Waals surface area contributed by atoms with Crippen molar-refractivity contribution >= 4 is 29.6 Å². The fourth-order valence-electron chi connectivity index (χ4n) is 7.97. The number of fused-ring (bicyclic) bond motifs is 10. The number of methoxy groups -OCH3 is 1. The third-order valence-corrected chi connectivity index (χ3v) is 11.2. The normalized spacial score (nSPS) is 28.6. The molecule has 0 spiro atoms. The van der Waals surface area contributed by atoms with E-state index in [1.807, 2.05) is 13.0 Å². The highest BCUT2D eigenvalue weighted by Gasteiger charge is 2.59. The van der Waals surface area contributed by atoms with Gasteiger partial charge in [-0.1, -0.05) is 13.0 Å². The van der Waals surface area contributed by atoms with Gasteiger partial charge < -0.3 is 39.4 Å². The number of piperazine rings is 1. The molecule has 47 heavy (non-hydrogen) atoms. The van der Waals surface area contributed by atoms with Gasteiger partial charge in [-0.25, -0.2) is 4.79 Å². The topological polar surface area (TPSA) is 169 Å². The number of benzene rings is 2. The number of ether oxygens (including phenoxy) is 5. The summed E-state index contributed by atoms with van der Waals surface area (Å²) in [6.45, 7) is 6.47. The number of aryl methyl sites for hydroxylation is 1. The van der Waals surface area contributed by atoms with Crippen molar-refractivity contribution in [1.29, 1.82) is 5.26 Å². The van der Waals surface area contributed by atoms with Crippen LogP contribution >= 0.6 is 11.8 Å². The van der Waals surface area contributed by atoms with Gasteiger partial charge in [0.05, 0.1) is 30.5 Å². The Hall–Kier alpha value is -4.19. The van der Waals surface area contributed by atoms with E-state index in [-0.39, 0.29) is 43.3 Å². The van der Waals surface area contributed by atoms with Crippen LogP contribution in [-0.4, -0.2) is 78.3 Å². The molecule has 2 fully saturated rings. The van der Waals surface area contributed by atoms with Crippen molar-refractivity contribution in [2.75, 3.05) is 26.3 Å². The Bertz CT molecular complexity index is 1740. The summed E-state index contributed by atoms with van der Waals surface area (Å²) in [7, 11) is 1.51. The van der Waals surface area contributed by atoms with Crippen LogP contribution < -0.4 is 29.6 Å². The van der Waals surface area contributed by atoms with Gasteiger partial charge in [-0.05, 0) is 31.4 Å². The number of rotatable bonds is 4. The van der Waals surface area contributed by atoms with Crippen molar-refractivity contribution in [3.05, 3.63) is 39.4 Å².